The molecule has 2 aromatic carbocycles. The normalized spacial score (nSPS) is 16.6. The first-order valence-corrected chi connectivity index (χ1v) is 11.8. The molecular formula is C25H21FN4O3S. The van der Waals surface area contributed by atoms with Crippen LogP contribution in [0.5, 0.6) is 0 Å². The number of amides is 2. The summed E-state index contributed by atoms with van der Waals surface area (Å²) >= 11 is 1.35. The Bertz CT molecular complexity index is 1290. The first kappa shape index (κ1) is 22.1. The van der Waals surface area contributed by atoms with Crippen LogP contribution in [-0.4, -0.2) is 33.8 Å². The van der Waals surface area contributed by atoms with Gasteiger partial charge in [-0.25, -0.2) is 14.3 Å². The lowest BCUT2D eigenvalue weighted by Gasteiger charge is -2.25. The Morgan fingerprint density at radius 2 is 2.03 bits per heavy atom. The predicted octanol–water partition coefficient (Wildman–Crippen LogP) is 4.41. The van der Waals surface area contributed by atoms with Crippen molar-refractivity contribution in [2.75, 3.05) is 0 Å². The van der Waals surface area contributed by atoms with Crippen LogP contribution in [0.25, 0.3) is 0 Å². The number of thioether (sulfide) groups is 1. The van der Waals surface area contributed by atoms with Gasteiger partial charge in [-0.2, -0.15) is 0 Å². The van der Waals surface area contributed by atoms with Crippen molar-refractivity contribution in [2.45, 2.75) is 31.2 Å². The van der Waals surface area contributed by atoms with Crippen LogP contribution in [0.3, 0.4) is 0 Å². The van der Waals surface area contributed by atoms with Crippen LogP contribution in [0.2, 0.25) is 0 Å². The highest BCUT2D eigenvalue weighted by Crippen LogP contribution is 2.35. The third kappa shape index (κ3) is 4.65. The minimum atomic E-state index is -0.671. The quantitative estimate of drug-likeness (QED) is 0.547. The van der Waals surface area contributed by atoms with Gasteiger partial charge in [0.2, 0.25) is 5.91 Å². The summed E-state index contributed by atoms with van der Waals surface area (Å²) in [5.74, 6) is 0.959. The number of carbonyl (C=O) groups is 2. The van der Waals surface area contributed by atoms with Crippen molar-refractivity contribution < 1.29 is 18.4 Å². The van der Waals surface area contributed by atoms with Gasteiger partial charge >= 0.3 is 0 Å². The molecule has 2 amide bonds. The van der Waals surface area contributed by atoms with Crippen LogP contribution in [0.15, 0.2) is 81.3 Å². The molecule has 172 valence electrons. The molecule has 3 heterocycles. The van der Waals surface area contributed by atoms with Crippen LogP contribution >= 0.6 is 11.8 Å². The Hall–Kier alpha value is -3.72. The fraction of sp³-hybridized carbons (Fsp3) is 0.200. The highest BCUT2D eigenvalue weighted by Gasteiger charge is 2.41. The highest BCUT2D eigenvalue weighted by atomic mass is 32.2. The minimum absolute atomic E-state index is 0.159. The zero-order chi connectivity index (χ0) is 23.5. The van der Waals surface area contributed by atoms with Gasteiger partial charge in [0.25, 0.3) is 5.91 Å². The Morgan fingerprint density at radius 3 is 2.85 bits per heavy atom. The molecule has 7 nitrogen and oxygen atoms in total. The average molecular weight is 477 g/mol. The predicted molar refractivity (Wildman–Crippen MR) is 128 cm³/mol. The highest BCUT2D eigenvalue weighted by molar-refractivity contribution is 8.13. The number of rotatable bonds is 7. The van der Waals surface area contributed by atoms with Gasteiger partial charge < -0.3 is 9.73 Å². The van der Waals surface area contributed by atoms with E-state index < -0.39 is 6.04 Å². The molecule has 2 aliphatic heterocycles. The number of nitrogens with zero attached hydrogens (tertiary/aromatic N) is 3. The van der Waals surface area contributed by atoms with Crippen LogP contribution in [0, 0.1) is 5.82 Å². The van der Waals surface area contributed by atoms with E-state index >= 15 is 0 Å². The van der Waals surface area contributed by atoms with Crippen molar-refractivity contribution in [3.8, 4) is 0 Å². The molecule has 0 aliphatic carbocycles. The summed E-state index contributed by atoms with van der Waals surface area (Å²) in [6, 6.07) is 16.7. The van der Waals surface area contributed by atoms with Gasteiger partial charge in [-0.05, 0) is 48.4 Å². The maximum atomic E-state index is 13.6. The van der Waals surface area contributed by atoms with Gasteiger partial charge in [-0.15, -0.1) is 0 Å². The molecule has 2 aliphatic rings. The number of para-hydroxylation sites is 1. The maximum absolute atomic E-state index is 13.6. The number of benzene rings is 2. The summed E-state index contributed by atoms with van der Waals surface area (Å²) in [4.78, 5) is 36.5. The Morgan fingerprint density at radius 1 is 1.15 bits per heavy atom. The zero-order valence-corrected chi connectivity index (χ0v) is 18.9. The monoisotopic (exact) mass is 476 g/mol. The van der Waals surface area contributed by atoms with Crippen molar-refractivity contribution in [1.29, 1.82) is 0 Å². The molecule has 1 atom stereocenters. The SMILES string of the molecule is O=C(CC[C@@H]1N=C2c3ccccc3N=C(SCc3cccc(F)c3)N2C1=O)NCc1ccco1. The van der Waals surface area contributed by atoms with E-state index in [4.69, 9.17) is 4.42 Å². The molecule has 5 rings (SSSR count). The van der Waals surface area contributed by atoms with Crippen LogP contribution in [0.4, 0.5) is 10.1 Å². The van der Waals surface area contributed by atoms with Gasteiger partial charge in [0.05, 0.1) is 18.5 Å². The fourth-order valence-corrected chi connectivity index (χ4v) is 4.76. The molecule has 1 N–H and O–H groups in total. The third-order valence-electron chi connectivity index (χ3n) is 5.49. The molecule has 9 heteroatoms. The molecule has 0 saturated carbocycles. The topological polar surface area (TPSA) is 87.3 Å². The zero-order valence-electron chi connectivity index (χ0n) is 18.1. The number of aliphatic imine (C=N–C) groups is 2. The Kier molecular flexibility index (Phi) is 6.27. The third-order valence-corrected chi connectivity index (χ3v) is 6.50. The number of halogens is 1. The molecule has 3 aromatic rings. The van der Waals surface area contributed by atoms with Gasteiger partial charge in [0, 0.05) is 17.7 Å². The summed E-state index contributed by atoms with van der Waals surface area (Å²) in [5.41, 5.74) is 2.29. The molecule has 0 radical (unpaired) electrons. The van der Waals surface area contributed by atoms with Gasteiger partial charge in [-0.3, -0.25) is 14.6 Å². The number of nitrogens with one attached hydrogen (secondary N) is 1. The van der Waals surface area contributed by atoms with Crippen molar-refractivity contribution in [3.05, 3.63) is 89.6 Å². The summed E-state index contributed by atoms with van der Waals surface area (Å²) in [5, 5.41) is 3.29. The molecule has 34 heavy (non-hydrogen) atoms. The van der Waals surface area contributed by atoms with Crippen molar-refractivity contribution >= 4 is 40.3 Å². The second-order valence-corrected chi connectivity index (χ2v) is 8.81. The second-order valence-electron chi connectivity index (χ2n) is 7.87. The summed E-state index contributed by atoms with van der Waals surface area (Å²) in [6.45, 7) is 0.298. The molecule has 0 bridgehead atoms. The largest absolute Gasteiger partial charge is 0.467 e. The van der Waals surface area contributed by atoms with Gasteiger partial charge in [0.15, 0.2) is 5.17 Å². The number of furan rings is 1. The number of fused-ring (bicyclic) bond motifs is 3. The summed E-state index contributed by atoms with van der Waals surface area (Å²) in [6.07, 6.45) is 1.99. The van der Waals surface area contributed by atoms with E-state index in [2.05, 4.69) is 15.3 Å². The fourth-order valence-electron chi connectivity index (χ4n) is 3.82. The molecule has 1 aromatic heterocycles. The summed E-state index contributed by atoms with van der Waals surface area (Å²) in [7, 11) is 0. The van der Waals surface area contributed by atoms with Crippen molar-refractivity contribution in [2.24, 2.45) is 9.98 Å². The molecule has 0 fully saturated rings. The van der Waals surface area contributed by atoms with Gasteiger partial charge in [0.1, 0.15) is 23.5 Å². The number of hydrogen-bond donors (Lipinski definition) is 1. The minimum Gasteiger partial charge on any atom is -0.467 e. The van der Waals surface area contributed by atoms with Crippen molar-refractivity contribution in [1.82, 2.24) is 10.2 Å². The number of amidine groups is 2. The molecular weight excluding hydrogens is 455 g/mol. The number of hydrogen-bond acceptors (Lipinski definition) is 6. The molecule has 0 saturated heterocycles. The van der Waals surface area contributed by atoms with E-state index in [9.17, 15) is 14.0 Å². The first-order chi connectivity index (χ1) is 16.6. The van der Waals surface area contributed by atoms with Gasteiger partial charge in [-0.1, -0.05) is 36.0 Å². The Labute approximate surface area is 199 Å². The smallest absolute Gasteiger partial charge is 0.259 e. The van der Waals surface area contributed by atoms with E-state index in [1.54, 1.807) is 24.5 Å². The van der Waals surface area contributed by atoms with E-state index in [0.717, 1.165) is 16.8 Å². The Balaban J connectivity index is 1.30. The summed E-state index contributed by atoms with van der Waals surface area (Å²) < 4.78 is 18.8. The maximum Gasteiger partial charge on any atom is 0.259 e. The standard InChI is InChI=1S/C25H21FN4O3S/c26-17-6-3-5-16(13-17)15-34-25-29-20-9-2-1-8-19(20)23-28-21(24(32)30(23)25)10-11-22(31)27-14-18-7-4-12-33-18/h1-9,12-13,21H,10-11,14-15H2,(H,27,31)/t21-/m0/s1. The average Bonchev–Trinajstić information content (AvgIpc) is 3.48. The van der Waals surface area contributed by atoms with E-state index in [0.29, 0.717) is 29.1 Å². The lowest BCUT2D eigenvalue weighted by atomic mass is 10.1. The lowest BCUT2D eigenvalue weighted by molar-refractivity contribution is -0.125. The van der Waals surface area contributed by atoms with Crippen LogP contribution in [-0.2, 0) is 21.9 Å². The first-order valence-electron chi connectivity index (χ1n) is 10.8. The second kappa shape index (κ2) is 9.64. The van der Waals surface area contributed by atoms with E-state index in [1.807, 2.05) is 30.3 Å². The molecule has 0 spiro atoms. The van der Waals surface area contributed by atoms with Crippen LogP contribution < -0.4 is 5.32 Å². The molecule has 0 unspecified atom stereocenters. The number of carbonyl (C=O) groups excluding carboxylic acids is 2. The van der Waals surface area contributed by atoms with Crippen molar-refractivity contribution in [3.63, 3.8) is 0 Å². The van der Waals surface area contributed by atoms with E-state index in [1.165, 1.54) is 28.8 Å². The lowest BCUT2D eigenvalue weighted by Crippen LogP contribution is -2.41. The van der Waals surface area contributed by atoms with E-state index in [-0.39, 0.29) is 30.5 Å². The van der Waals surface area contributed by atoms with Crippen LogP contribution in [0.1, 0.15) is 29.7 Å².